The molecule has 1 rings (SSSR count). The van der Waals surface area contributed by atoms with Crippen LogP contribution in [-0.2, 0) is 9.53 Å². The molecule has 2 nitrogen and oxygen atoms in total. The largest absolute Gasteiger partial charge is 0.468 e. The fraction of sp³-hybridized carbons (Fsp3) is 0.833. The molecule has 0 aromatic heterocycles. The summed E-state index contributed by atoms with van der Waals surface area (Å²) in [5.74, 6) is -0.775. The average molecular weight is 150 g/mol. The van der Waals surface area contributed by atoms with E-state index in [1.165, 1.54) is 0 Å². The van der Waals surface area contributed by atoms with Crippen molar-refractivity contribution in [3.63, 3.8) is 0 Å². The van der Waals surface area contributed by atoms with Gasteiger partial charge in [-0.1, -0.05) is 0 Å². The normalized spacial score (nSPS) is 20.8. The van der Waals surface area contributed by atoms with Crippen molar-refractivity contribution in [1.82, 2.24) is 0 Å². The molecule has 0 aromatic carbocycles. The van der Waals surface area contributed by atoms with Crippen LogP contribution in [0.5, 0.6) is 0 Å². The highest BCUT2D eigenvalue weighted by Crippen LogP contribution is 2.51. The van der Waals surface area contributed by atoms with Crippen LogP contribution in [0.3, 0.4) is 0 Å². The Hall–Kier alpha value is -0.670. The van der Waals surface area contributed by atoms with E-state index in [0.29, 0.717) is 0 Å². The lowest BCUT2D eigenvalue weighted by Gasteiger charge is -2.09. The van der Waals surface area contributed by atoms with Crippen LogP contribution < -0.4 is 0 Å². The van der Waals surface area contributed by atoms with Gasteiger partial charge < -0.3 is 4.74 Å². The summed E-state index contributed by atoms with van der Waals surface area (Å²) in [6.07, 6.45) is -2.05. The Bertz CT molecular complexity index is 152. The molecule has 0 heterocycles. The van der Waals surface area contributed by atoms with Crippen molar-refractivity contribution in [1.29, 1.82) is 0 Å². The Morgan fingerprint density at radius 1 is 1.60 bits per heavy atom. The summed E-state index contributed by atoms with van der Waals surface area (Å²) in [7, 11) is 1.13. The van der Waals surface area contributed by atoms with Crippen molar-refractivity contribution >= 4 is 5.97 Å². The van der Waals surface area contributed by atoms with Gasteiger partial charge in [0.1, 0.15) is 5.41 Å². The first-order valence-corrected chi connectivity index (χ1v) is 3.00. The summed E-state index contributed by atoms with van der Waals surface area (Å²) in [6, 6.07) is 0. The average Bonchev–Trinajstić information content (AvgIpc) is 2.65. The van der Waals surface area contributed by atoms with Gasteiger partial charge in [0.25, 0.3) is 6.43 Å². The molecule has 0 spiro atoms. The number of carbonyl (C=O) groups excluding carboxylic acids is 1. The van der Waals surface area contributed by atoms with Gasteiger partial charge in [-0.3, -0.25) is 4.79 Å². The maximum Gasteiger partial charge on any atom is 0.317 e. The van der Waals surface area contributed by atoms with Crippen molar-refractivity contribution < 1.29 is 18.3 Å². The first-order chi connectivity index (χ1) is 4.63. The van der Waals surface area contributed by atoms with Crippen LogP contribution in [0.25, 0.3) is 0 Å². The molecule has 1 fully saturated rings. The third-order valence-corrected chi connectivity index (χ3v) is 1.80. The molecular weight excluding hydrogens is 142 g/mol. The zero-order valence-electron chi connectivity index (χ0n) is 5.56. The third-order valence-electron chi connectivity index (χ3n) is 1.80. The molecule has 0 aliphatic heterocycles. The maximum atomic E-state index is 12.0. The number of carbonyl (C=O) groups is 1. The van der Waals surface area contributed by atoms with Crippen molar-refractivity contribution in [2.45, 2.75) is 19.3 Å². The summed E-state index contributed by atoms with van der Waals surface area (Å²) in [4.78, 5) is 10.6. The van der Waals surface area contributed by atoms with Gasteiger partial charge in [0.15, 0.2) is 0 Å². The topological polar surface area (TPSA) is 26.3 Å². The molecule has 1 aliphatic rings. The second kappa shape index (κ2) is 2.18. The highest BCUT2D eigenvalue weighted by molar-refractivity contribution is 5.80. The number of rotatable bonds is 2. The van der Waals surface area contributed by atoms with Crippen LogP contribution in [0.15, 0.2) is 0 Å². The predicted molar refractivity (Wildman–Crippen MR) is 29.7 cm³/mol. The van der Waals surface area contributed by atoms with Crippen LogP contribution in [0.4, 0.5) is 8.78 Å². The minimum Gasteiger partial charge on any atom is -0.468 e. The summed E-state index contributed by atoms with van der Waals surface area (Å²) in [6.45, 7) is 0. The van der Waals surface area contributed by atoms with E-state index >= 15 is 0 Å². The van der Waals surface area contributed by atoms with Crippen molar-refractivity contribution in [2.75, 3.05) is 7.11 Å². The Morgan fingerprint density at radius 2 is 2.10 bits per heavy atom. The molecule has 4 heteroatoms. The van der Waals surface area contributed by atoms with E-state index in [0.717, 1.165) is 7.11 Å². The number of esters is 1. The molecule has 1 aliphatic carbocycles. The van der Waals surface area contributed by atoms with Gasteiger partial charge in [-0.15, -0.1) is 0 Å². The molecule has 0 saturated heterocycles. The molecule has 1 saturated carbocycles. The Morgan fingerprint density at radius 3 is 2.20 bits per heavy atom. The zero-order valence-corrected chi connectivity index (χ0v) is 5.56. The van der Waals surface area contributed by atoms with Crippen molar-refractivity contribution in [3.05, 3.63) is 0 Å². The summed E-state index contributed by atoms with van der Waals surface area (Å²) < 4.78 is 28.2. The summed E-state index contributed by atoms with van der Waals surface area (Å²) >= 11 is 0. The lowest BCUT2D eigenvalue weighted by atomic mass is 10.1. The van der Waals surface area contributed by atoms with Gasteiger partial charge in [0.05, 0.1) is 7.11 Å². The first-order valence-electron chi connectivity index (χ1n) is 3.00. The summed E-state index contributed by atoms with van der Waals surface area (Å²) in [5.41, 5.74) is -1.44. The Balaban J connectivity index is 2.60. The van der Waals surface area contributed by atoms with E-state index in [-0.39, 0.29) is 12.8 Å². The lowest BCUT2D eigenvalue weighted by Crippen LogP contribution is -2.24. The number of hydrogen-bond donors (Lipinski definition) is 0. The zero-order chi connectivity index (χ0) is 7.78. The maximum absolute atomic E-state index is 12.0. The van der Waals surface area contributed by atoms with Gasteiger partial charge in [0, 0.05) is 0 Å². The van der Waals surface area contributed by atoms with Crippen LogP contribution in [-0.4, -0.2) is 19.5 Å². The summed E-state index contributed by atoms with van der Waals surface area (Å²) in [5, 5.41) is 0. The number of ether oxygens (including phenoxy) is 1. The standard InChI is InChI=1S/C6H8F2O2/c1-10-5(9)6(2-3-6)4(7)8/h4H,2-3H2,1H3. The van der Waals surface area contributed by atoms with Crippen LogP contribution in [0, 0.1) is 5.41 Å². The molecular formula is C6H8F2O2. The Labute approximate surface area is 57.2 Å². The van der Waals surface area contributed by atoms with Crippen LogP contribution in [0.2, 0.25) is 0 Å². The highest BCUT2D eigenvalue weighted by Gasteiger charge is 2.58. The molecule has 58 valence electrons. The molecule has 10 heavy (non-hydrogen) atoms. The van der Waals surface area contributed by atoms with Gasteiger partial charge in [-0.2, -0.15) is 0 Å². The molecule has 0 bridgehead atoms. The number of hydrogen-bond acceptors (Lipinski definition) is 2. The fourth-order valence-electron chi connectivity index (χ4n) is 0.849. The predicted octanol–water partition coefficient (Wildman–Crippen LogP) is 1.20. The second-order valence-electron chi connectivity index (χ2n) is 2.45. The monoisotopic (exact) mass is 150 g/mol. The van der Waals surface area contributed by atoms with E-state index in [2.05, 4.69) is 4.74 Å². The molecule has 0 unspecified atom stereocenters. The van der Waals surface area contributed by atoms with E-state index in [1.54, 1.807) is 0 Å². The molecule has 0 radical (unpaired) electrons. The van der Waals surface area contributed by atoms with Crippen molar-refractivity contribution in [3.8, 4) is 0 Å². The van der Waals surface area contributed by atoms with E-state index < -0.39 is 17.8 Å². The minimum atomic E-state index is -2.57. The van der Waals surface area contributed by atoms with Crippen LogP contribution >= 0.6 is 0 Å². The fourth-order valence-corrected chi connectivity index (χ4v) is 0.849. The highest BCUT2D eigenvalue weighted by atomic mass is 19.3. The van der Waals surface area contributed by atoms with E-state index in [1.807, 2.05) is 0 Å². The molecule has 0 amide bonds. The van der Waals surface area contributed by atoms with Gasteiger partial charge in [-0.25, -0.2) is 8.78 Å². The number of alkyl halides is 2. The van der Waals surface area contributed by atoms with Gasteiger partial charge >= 0.3 is 5.97 Å². The quantitative estimate of drug-likeness (QED) is 0.553. The molecule has 0 N–H and O–H groups in total. The molecule has 0 aromatic rings. The van der Waals surface area contributed by atoms with E-state index in [4.69, 9.17) is 0 Å². The van der Waals surface area contributed by atoms with Crippen LogP contribution in [0.1, 0.15) is 12.8 Å². The number of methoxy groups -OCH3 is 1. The lowest BCUT2D eigenvalue weighted by molar-refractivity contribution is -0.153. The van der Waals surface area contributed by atoms with Gasteiger partial charge in [0.2, 0.25) is 0 Å². The Kier molecular flexibility index (Phi) is 1.62. The minimum absolute atomic E-state index is 0.261. The SMILES string of the molecule is COC(=O)C1(C(F)F)CC1. The van der Waals surface area contributed by atoms with E-state index in [9.17, 15) is 13.6 Å². The first kappa shape index (κ1) is 7.44. The second-order valence-corrected chi connectivity index (χ2v) is 2.45. The smallest absolute Gasteiger partial charge is 0.317 e. The third kappa shape index (κ3) is 0.874. The molecule has 0 atom stereocenters. The van der Waals surface area contributed by atoms with Crippen molar-refractivity contribution in [2.24, 2.45) is 5.41 Å². The number of halogens is 2. The van der Waals surface area contributed by atoms with Gasteiger partial charge in [-0.05, 0) is 12.8 Å².